The quantitative estimate of drug-likeness (QED) is 0.818. The van der Waals surface area contributed by atoms with Crippen LogP contribution in [0.2, 0.25) is 0 Å². The van der Waals surface area contributed by atoms with Gasteiger partial charge in [-0.1, -0.05) is 0 Å². The van der Waals surface area contributed by atoms with Gasteiger partial charge < -0.3 is 28.8 Å². The van der Waals surface area contributed by atoms with Crippen molar-refractivity contribution in [3.05, 3.63) is 53.6 Å². The molecule has 1 heterocycles. The first-order valence-electron chi connectivity index (χ1n) is 7.84. The minimum atomic E-state index is -2.39. The fraction of sp³-hybridized carbons (Fsp3) is 0.316. The maximum Gasteiger partial charge on any atom is 0.304 e. The number of ether oxygens (including phenoxy) is 5. The second-order valence-electron chi connectivity index (χ2n) is 5.69. The van der Waals surface area contributed by atoms with Crippen molar-refractivity contribution in [1.82, 2.24) is 0 Å². The summed E-state index contributed by atoms with van der Waals surface area (Å²) < 4.78 is 27.1. The first kappa shape index (κ1) is 18.2. The molecule has 0 aliphatic carbocycles. The Kier molecular flexibility index (Phi) is 4.62. The molecule has 0 spiro atoms. The Balaban J connectivity index is 2.22. The molecule has 0 saturated carbocycles. The summed E-state index contributed by atoms with van der Waals surface area (Å²) in [6.07, 6.45) is 0. The summed E-state index contributed by atoms with van der Waals surface area (Å²) in [7, 11) is 5.58. The molecule has 2 aromatic rings. The lowest BCUT2D eigenvalue weighted by molar-refractivity contribution is -0.346. The highest BCUT2D eigenvalue weighted by molar-refractivity contribution is 6.05. The predicted molar refractivity (Wildman–Crippen MR) is 91.6 cm³/mol. The van der Waals surface area contributed by atoms with E-state index in [1.807, 2.05) is 0 Å². The lowest BCUT2D eigenvalue weighted by Gasteiger charge is -2.46. The van der Waals surface area contributed by atoms with E-state index in [1.54, 1.807) is 36.4 Å². The third kappa shape index (κ3) is 2.44. The maximum absolute atomic E-state index is 13.0. The van der Waals surface area contributed by atoms with Gasteiger partial charge in [-0.15, -0.1) is 0 Å². The molecule has 0 amide bonds. The van der Waals surface area contributed by atoms with E-state index in [2.05, 4.69) is 0 Å². The summed E-state index contributed by atoms with van der Waals surface area (Å²) in [5.74, 6) is -3.66. The van der Waals surface area contributed by atoms with Crippen LogP contribution in [0.1, 0.15) is 15.9 Å². The standard InChI is InChI=1S/C19H20O7/c1-22-13-7-5-12(6-8-13)19(25-4)18(21,24-3)17(20)15-10-9-14(23-2)11-16(15)26-19/h5-11,21H,1-4H3/t18-,19+/m1/s1. The Labute approximate surface area is 151 Å². The topological polar surface area (TPSA) is 83.5 Å². The number of hydrogen-bond donors (Lipinski definition) is 1. The van der Waals surface area contributed by atoms with E-state index in [0.29, 0.717) is 17.1 Å². The van der Waals surface area contributed by atoms with E-state index < -0.39 is 17.4 Å². The van der Waals surface area contributed by atoms with Crippen molar-refractivity contribution in [2.24, 2.45) is 0 Å². The Morgan fingerprint density at radius 2 is 1.50 bits per heavy atom. The van der Waals surface area contributed by atoms with Crippen molar-refractivity contribution < 1.29 is 33.6 Å². The van der Waals surface area contributed by atoms with Crippen LogP contribution in [-0.2, 0) is 15.3 Å². The van der Waals surface area contributed by atoms with Gasteiger partial charge in [0.05, 0.1) is 19.8 Å². The van der Waals surface area contributed by atoms with Crippen LogP contribution in [0.15, 0.2) is 42.5 Å². The average Bonchev–Trinajstić information content (AvgIpc) is 2.70. The van der Waals surface area contributed by atoms with Crippen LogP contribution in [0.25, 0.3) is 0 Å². The zero-order chi connectivity index (χ0) is 18.9. The molecule has 0 aromatic heterocycles. The van der Waals surface area contributed by atoms with Crippen molar-refractivity contribution in [1.29, 1.82) is 0 Å². The van der Waals surface area contributed by atoms with Crippen LogP contribution < -0.4 is 14.2 Å². The van der Waals surface area contributed by atoms with Gasteiger partial charge in [0.1, 0.15) is 17.2 Å². The molecule has 2 aromatic carbocycles. The highest BCUT2D eigenvalue weighted by Crippen LogP contribution is 2.47. The summed E-state index contributed by atoms with van der Waals surface area (Å²) >= 11 is 0. The Morgan fingerprint density at radius 1 is 0.885 bits per heavy atom. The van der Waals surface area contributed by atoms with Gasteiger partial charge >= 0.3 is 5.79 Å². The largest absolute Gasteiger partial charge is 0.497 e. The summed E-state index contributed by atoms with van der Waals surface area (Å²) in [6.45, 7) is 0. The Hall–Kier alpha value is -2.61. The zero-order valence-electron chi connectivity index (χ0n) is 14.9. The molecule has 0 bridgehead atoms. The van der Waals surface area contributed by atoms with E-state index in [4.69, 9.17) is 23.7 Å². The molecule has 0 fully saturated rings. The summed E-state index contributed by atoms with van der Waals surface area (Å²) in [4.78, 5) is 13.0. The number of fused-ring (bicyclic) bond motifs is 1. The van der Waals surface area contributed by atoms with Crippen molar-refractivity contribution in [3.8, 4) is 17.2 Å². The van der Waals surface area contributed by atoms with E-state index in [1.165, 1.54) is 34.5 Å². The lowest BCUT2D eigenvalue weighted by atomic mass is 9.86. The number of ketones is 1. The number of rotatable bonds is 5. The van der Waals surface area contributed by atoms with E-state index in [0.717, 1.165) is 0 Å². The second kappa shape index (κ2) is 6.60. The molecule has 7 heteroatoms. The molecule has 2 atom stereocenters. The number of aliphatic hydroxyl groups is 1. The molecule has 0 unspecified atom stereocenters. The van der Waals surface area contributed by atoms with Gasteiger partial charge in [-0.05, 0) is 36.4 Å². The fourth-order valence-corrected chi connectivity index (χ4v) is 3.05. The van der Waals surface area contributed by atoms with Gasteiger partial charge in [-0.2, -0.15) is 0 Å². The molecule has 1 aliphatic heterocycles. The molecular formula is C19H20O7. The van der Waals surface area contributed by atoms with E-state index in [-0.39, 0.29) is 11.3 Å². The lowest BCUT2D eigenvalue weighted by Crippen LogP contribution is -2.64. The number of benzene rings is 2. The number of carbonyl (C=O) groups is 1. The van der Waals surface area contributed by atoms with Crippen LogP contribution >= 0.6 is 0 Å². The highest BCUT2D eigenvalue weighted by Gasteiger charge is 2.64. The third-order valence-electron chi connectivity index (χ3n) is 4.49. The van der Waals surface area contributed by atoms with Crippen LogP contribution in [0.5, 0.6) is 17.2 Å². The molecule has 3 rings (SSSR count). The third-order valence-corrected chi connectivity index (χ3v) is 4.49. The smallest absolute Gasteiger partial charge is 0.304 e. The molecule has 0 radical (unpaired) electrons. The maximum atomic E-state index is 13.0. The van der Waals surface area contributed by atoms with Gasteiger partial charge in [0, 0.05) is 25.8 Å². The number of carbonyl (C=O) groups excluding carboxylic acids is 1. The fourth-order valence-electron chi connectivity index (χ4n) is 3.05. The minimum absolute atomic E-state index is 0.163. The highest BCUT2D eigenvalue weighted by atomic mass is 16.8. The molecular weight excluding hydrogens is 340 g/mol. The SMILES string of the molecule is COc1ccc([C@]2(OC)Oc3cc(OC)ccc3C(=O)[C@@]2(O)OC)cc1. The van der Waals surface area contributed by atoms with Gasteiger partial charge in [0.2, 0.25) is 5.78 Å². The van der Waals surface area contributed by atoms with Crippen molar-refractivity contribution in [3.63, 3.8) is 0 Å². The van der Waals surface area contributed by atoms with Crippen LogP contribution in [0.3, 0.4) is 0 Å². The molecule has 1 N–H and O–H groups in total. The summed E-state index contributed by atoms with van der Waals surface area (Å²) in [6, 6.07) is 11.3. The molecule has 138 valence electrons. The zero-order valence-corrected chi connectivity index (χ0v) is 14.9. The van der Waals surface area contributed by atoms with E-state index in [9.17, 15) is 9.90 Å². The molecule has 0 saturated heterocycles. The Bertz CT molecular complexity index is 817. The van der Waals surface area contributed by atoms with Gasteiger partial charge in [-0.3, -0.25) is 4.79 Å². The summed E-state index contributed by atoms with van der Waals surface area (Å²) in [5.41, 5.74) is 0.545. The number of Topliss-reactive ketones (excluding diaryl/α,β-unsaturated/α-hetero) is 1. The van der Waals surface area contributed by atoms with Crippen molar-refractivity contribution in [2.45, 2.75) is 11.6 Å². The molecule has 7 nitrogen and oxygen atoms in total. The van der Waals surface area contributed by atoms with Crippen molar-refractivity contribution >= 4 is 5.78 Å². The summed E-state index contributed by atoms with van der Waals surface area (Å²) in [5, 5.41) is 11.1. The van der Waals surface area contributed by atoms with Crippen LogP contribution in [0, 0.1) is 0 Å². The minimum Gasteiger partial charge on any atom is -0.497 e. The monoisotopic (exact) mass is 360 g/mol. The molecule has 1 aliphatic rings. The first-order valence-corrected chi connectivity index (χ1v) is 7.84. The van der Waals surface area contributed by atoms with E-state index >= 15 is 0 Å². The Morgan fingerprint density at radius 3 is 2.04 bits per heavy atom. The second-order valence-corrected chi connectivity index (χ2v) is 5.69. The van der Waals surface area contributed by atoms with Crippen molar-refractivity contribution in [2.75, 3.05) is 28.4 Å². The van der Waals surface area contributed by atoms with Gasteiger partial charge in [0.15, 0.2) is 0 Å². The average molecular weight is 360 g/mol. The van der Waals surface area contributed by atoms with Gasteiger partial charge in [-0.25, -0.2) is 0 Å². The molecule has 26 heavy (non-hydrogen) atoms. The predicted octanol–water partition coefficient (Wildman–Crippen LogP) is 2.11. The number of hydrogen-bond acceptors (Lipinski definition) is 7. The number of methoxy groups -OCH3 is 4. The van der Waals surface area contributed by atoms with Crippen LogP contribution in [0.4, 0.5) is 0 Å². The first-order chi connectivity index (χ1) is 12.5. The normalized spacial score (nSPS) is 24.6. The van der Waals surface area contributed by atoms with Crippen LogP contribution in [-0.4, -0.2) is 45.1 Å². The van der Waals surface area contributed by atoms with Gasteiger partial charge in [0.25, 0.3) is 5.79 Å².